The number of nitrogens with zero attached hydrogens (tertiary/aromatic N) is 2. The van der Waals surface area contributed by atoms with Crippen LogP contribution in [0.25, 0.3) is 0 Å². The van der Waals surface area contributed by atoms with E-state index in [0.717, 1.165) is 16.3 Å². The van der Waals surface area contributed by atoms with Crippen LogP contribution >= 0.6 is 0 Å². The standard InChI is InChI=1S/C17H17N3O3/c1-11-6-7-12(2)20(11)18-17(23)13-4-3-5-14(10-13)19-15(21)8-9-16(19)22/h3-7,10H,8-9H2,1-2H3,(H,18,23). The monoisotopic (exact) mass is 311 g/mol. The largest absolute Gasteiger partial charge is 0.274 e. The molecule has 0 radical (unpaired) electrons. The third-order valence-electron chi connectivity index (χ3n) is 3.90. The number of aryl methyl sites for hydroxylation is 2. The Kier molecular flexibility index (Phi) is 3.73. The van der Waals surface area contributed by atoms with E-state index in [4.69, 9.17) is 0 Å². The number of amides is 3. The molecule has 1 aromatic carbocycles. The molecule has 1 fully saturated rings. The number of carbonyl (C=O) groups excluding carboxylic acids is 3. The van der Waals surface area contributed by atoms with Gasteiger partial charge in [0.05, 0.1) is 5.69 Å². The number of aromatic nitrogens is 1. The maximum atomic E-state index is 12.4. The Morgan fingerprint density at radius 3 is 2.22 bits per heavy atom. The van der Waals surface area contributed by atoms with Crippen molar-refractivity contribution in [3.05, 3.63) is 53.3 Å². The molecule has 3 rings (SSSR count). The Labute approximate surface area is 133 Å². The summed E-state index contributed by atoms with van der Waals surface area (Å²) in [7, 11) is 0. The maximum absolute atomic E-state index is 12.4. The number of hydrogen-bond donors (Lipinski definition) is 1. The average molecular weight is 311 g/mol. The van der Waals surface area contributed by atoms with Crippen LogP contribution in [0.2, 0.25) is 0 Å². The van der Waals surface area contributed by atoms with Crippen LogP contribution in [-0.2, 0) is 9.59 Å². The minimum Gasteiger partial charge on any atom is -0.274 e. The summed E-state index contributed by atoms with van der Waals surface area (Å²) in [5.74, 6) is -0.761. The lowest BCUT2D eigenvalue weighted by atomic mass is 10.2. The van der Waals surface area contributed by atoms with Gasteiger partial charge in [0.15, 0.2) is 0 Å². The van der Waals surface area contributed by atoms with E-state index in [1.54, 1.807) is 28.9 Å². The van der Waals surface area contributed by atoms with Gasteiger partial charge in [0.25, 0.3) is 5.91 Å². The molecule has 1 N–H and O–H groups in total. The summed E-state index contributed by atoms with van der Waals surface area (Å²) in [4.78, 5) is 37.2. The second kappa shape index (κ2) is 5.72. The Morgan fingerprint density at radius 1 is 1.00 bits per heavy atom. The van der Waals surface area contributed by atoms with Gasteiger partial charge in [-0.15, -0.1) is 0 Å². The Balaban J connectivity index is 1.86. The summed E-state index contributed by atoms with van der Waals surface area (Å²) in [5, 5.41) is 0. The van der Waals surface area contributed by atoms with Crippen LogP contribution in [0.5, 0.6) is 0 Å². The predicted molar refractivity (Wildman–Crippen MR) is 85.8 cm³/mol. The van der Waals surface area contributed by atoms with Crippen molar-refractivity contribution < 1.29 is 14.4 Å². The molecule has 3 amide bonds. The smallest absolute Gasteiger partial charge is 0.270 e. The number of rotatable bonds is 3. The van der Waals surface area contributed by atoms with Crippen LogP contribution in [0.1, 0.15) is 34.6 Å². The van der Waals surface area contributed by atoms with Crippen molar-refractivity contribution in [3.63, 3.8) is 0 Å². The normalized spacial score (nSPS) is 14.4. The summed E-state index contributed by atoms with van der Waals surface area (Å²) in [6, 6.07) is 10.4. The van der Waals surface area contributed by atoms with Gasteiger partial charge in [-0.3, -0.25) is 29.4 Å². The van der Waals surface area contributed by atoms with Crippen molar-refractivity contribution in [1.82, 2.24) is 4.68 Å². The molecule has 118 valence electrons. The molecular formula is C17H17N3O3. The molecule has 0 spiro atoms. The fourth-order valence-corrected chi connectivity index (χ4v) is 2.66. The van der Waals surface area contributed by atoms with Crippen molar-refractivity contribution in [1.29, 1.82) is 0 Å². The average Bonchev–Trinajstić information content (AvgIpc) is 3.03. The zero-order chi connectivity index (χ0) is 16.6. The lowest BCUT2D eigenvalue weighted by Crippen LogP contribution is -2.29. The van der Waals surface area contributed by atoms with E-state index < -0.39 is 0 Å². The zero-order valence-electron chi connectivity index (χ0n) is 13.0. The molecule has 6 nitrogen and oxygen atoms in total. The molecule has 0 saturated carbocycles. The number of hydrogen-bond acceptors (Lipinski definition) is 3. The van der Waals surface area contributed by atoms with Gasteiger partial charge in [0.2, 0.25) is 11.8 Å². The van der Waals surface area contributed by atoms with Crippen LogP contribution in [0.4, 0.5) is 5.69 Å². The van der Waals surface area contributed by atoms with Crippen molar-refractivity contribution in [2.24, 2.45) is 0 Å². The van der Waals surface area contributed by atoms with Gasteiger partial charge < -0.3 is 0 Å². The van der Waals surface area contributed by atoms with E-state index in [9.17, 15) is 14.4 Å². The molecule has 0 aliphatic carbocycles. The Hall–Kier alpha value is -2.89. The quantitative estimate of drug-likeness (QED) is 0.883. The number of nitrogens with one attached hydrogen (secondary N) is 1. The maximum Gasteiger partial charge on any atom is 0.270 e. The van der Waals surface area contributed by atoms with Crippen LogP contribution in [0, 0.1) is 13.8 Å². The summed E-state index contributed by atoms with van der Waals surface area (Å²) >= 11 is 0. The second-order valence-electron chi connectivity index (χ2n) is 5.57. The third-order valence-corrected chi connectivity index (χ3v) is 3.90. The molecule has 1 saturated heterocycles. The highest BCUT2D eigenvalue weighted by atomic mass is 16.2. The van der Waals surface area contributed by atoms with E-state index >= 15 is 0 Å². The Bertz CT molecular complexity index is 772. The molecule has 23 heavy (non-hydrogen) atoms. The first kappa shape index (κ1) is 15.0. The molecule has 6 heteroatoms. The molecule has 1 aliphatic rings. The minimum atomic E-state index is -0.298. The number of imide groups is 1. The van der Waals surface area contributed by atoms with Gasteiger partial charge in [-0.05, 0) is 44.2 Å². The van der Waals surface area contributed by atoms with Gasteiger partial charge >= 0.3 is 0 Å². The molecule has 0 bridgehead atoms. The van der Waals surface area contributed by atoms with E-state index in [-0.39, 0.29) is 30.6 Å². The molecule has 1 aromatic heterocycles. The number of benzene rings is 1. The minimum absolute atomic E-state index is 0.219. The highest BCUT2D eigenvalue weighted by Crippen LogP contribution is 2.23. The summed E-state index contributed by atoms with van der Waals surface area (Å²) in [5.41, 5.74) is 5.46. The number of carbonyl (C=O) groups is 3. The van der Waals surface area contributed by atoms with Crippen molar-refractivity contribution in [2.45, 2.75) is 26.7 Å². The third kappa shape index (κ3) is 2.75. The van der Waals surface area contributed by atoms with Crippen LogP contribution < -0.4 is 10.3 Å². The first-order chi connectivity index (χ1) is 11.0. The summed E-state index contributed by atoms with van der Waals surface area (Å²) < 4.78 is 1.70. The highest BCUT2D eigenvalue weighted by Gasteiger charge is 2.30. The number of anilines is 1. The molecule has 1 aliphatic heterocycles. The van der Waals surface area contributed by atoms with Gasteiger partial charge in [-0.1, -0.05) is 6.07 Å². The van der Waals surface area contributed by atoms with Gasteiger partial charge in [-0.25, -0.2) is 0 Å². The SMILES string of the molecule is Cc1ccc(C)n1NC(=O)c1cccc(N2C(=O)CCC2=O)c1. The van der Waals surface area contributed by atoms with Crippen molar-refractivity contribution in [2.75, 3.05) is 10.3 Å². The lowest BCUT2D eigenvalue weighted by molar-refractivity contribution is -0.121. The first-order valence-electron chi connectivity index (χ1n) is 7.39. The topological polar surface area (TPSA) is 71.4 Å². The van der Waals surface area contributed by atoms with Gasteiger partial charge in [-0.2, -0.15) is 0 Å². The van der Waals surface area contributed by atoms with E-state index in [1.807, 2.05) is 26.0 Å². The van der Waals surface area contributed by atoms with Gasteiger partial charge in [0, 0.05) is 29.8 Å². The first-order valence-corrected chi connectivity index (χ1v) is 7.39. The Morgan fingerprint density at radius 2 is 1.61 bits per heavy atom. The fourth-order valence-electron chi connectivity index (χ4n) is 2.66. The highest BCUT2D eigenvalue weighted by molar-refractivity contribution is 6.20. The van der Waals surface area contributed by atoms with E-state index in [0.29, 0.717) is 11.3 Å². The predicted octanol–water partition coefficient (Wildman–Crippen LogP) is 2.14. The molecule has 0 unspecified atom stereocenters. The van der Waals surface area contributed by atoms with Crippen molar-refractivity contribution >= 4 is 23.4 Å². The zero-order valence-corrected chi connectivity index (χ0v) is 13.0. The summed E-state index contributed by atoms with van der Waals surface area (Å²) in [6.45, 7) is 3.79. The van der Waals surface area contributed by atoms with Crippen molar-refractivity contribution in [3.8, 4) is 0 Å². The second-order valence-corrected chi connectivity index (χ2v) is 5.57. The lowest BCUT2D eigenvalue weighted by Gasteiger charge is -2.15. The molecule has 2 heterocycles. The fraction of sp³-hybridized carbons (Fsp3) is 0.235. The van der Waals surface area contributed by atoms with Crippen LogP contribution in [0.3, 0.4) is 0 Å². The molecular weight excluding hydrogens is 294 g/mol. The van der Waals surface area contributed by atoms with Gasteiger partial charge in [0.1, 0.15) is 0 Å². The summed E-state index contributed by atoms with van der Waals surface area (Å²) in [6.07, 6.45) is 0.439. The van der Waals surface area contributed by atoms with Crippen LogP contribution in [0.15, 0.2) is 36.4 Å². The van der Waals surface area contributed by atoms with E-state index in [1.165, 1.54) is 0 Å². The van der Waals surface area contributed by atoms with Crippen LogP contribution in [-0.4, -0.2) is 22.4 Å². The van der Waals surface area contributed by atoms with E-state index in [2.05, 4.69) is 5.43 Å². The molecule has 2 aromatic rings. The molecule has 0 atom stereocenters.